The lowest BCUT2D eigenvalue weighted by molar-refractivity contribution is -0.116. The molecule has 2 aliphatic heterocycles. The number of nitrogens with one attached hydrogen (secondary N) is 1. The Morgan fingerprint density at radius 2 is 1.87 bits per heavy atom. The minimum Gasteiger partial charge on any atom is -0.454 e. The summed E-state index contributed by atoms with van der Waals surface area (Å²) < 4.78 is 11.8. The molecule has 1 N–H and O–H groups in total. The maximum absolute atomic E-state index is 13.4. The van der Waals surface area contributed by atoms with Crippen molar-refractivity contribution in [2.24, 2.45) is 0 Å². The number of carbonyl (C=O) groups excluding carboxylic acids is 1. The maximum Gasteiger partial charge on any atom is 0.231 e. The van der Waals surface area contributed by atoms with Gasteiger partial charge in [0.25, 0.3) is 0 Å². The smallest absolute Gasteiger partial charge is 0.231 e. The molecule has 2 aromatic carbocycles. The molecule has 0 radical (unpaired) electrons. The number of hydrogen-bond donors (Lipinski definition) is 1. The zero-order valence-corrected chi connectivity index (χ0v) is 19.0. The molecular weight excluding hydrogens is 480 g/mol. The average molecular weight is 498 g/mol. The highest BCUT2D eigenvalue weighted by Gasteiger charge is 2.40. The van der Waals surface area contributed by atoms with Gasteiger partial charge in [0.2, 0.25) is 6.79 Å². The molecule has 0 saturated carbocycles. The molecule has 2 aromatic rings. The van der Waals surface area contributed by atoms with Gasteiger partial charge < -0.3 is 14.8 Å². The first-order valence-electron chi connectivity index (χ1n) is 9.95. The average Bonchev–Trinajstić information content (AvgIpc) is 3.19. The lowest BCUT2D eigenvalue weighted by atomic mass is 9.72. The summed E-state index contributed by atoms with van der Waals surface area (Å²) >= 11 is 9.65. The number of ketones is 1. The van der Waals surface area contributed by atoms with Crippen molar-refractivity contribution in [2.75, 3.05) is 6.79 Å². The number of carbonyl (C=O) groups is 1. The van der Waals surface area contributed by atoms with E-state index < -0.39 is 5.92 Å². The number of allylic oxidation sites excluding steroid dienone is 4. The zero-order valence-electron chi connectivity index (χ0n) is 16.7. The van der Waals surface area contributed by atoms with Crippen molar-refractivity contribution in [3.63, 3.8) is 0 Å². The maximum atomic E-state index is 13.4. The van der Waals surface area contributed by atoms with Gasteiger partial charge in [0.15, 0.2) is 17.3 Å². The Morgan fingerprint density at radius 3 is 2.58 bits per heavy atom. The van der Waals surface area contributed by atoms with Crippen LogP contribution < -0.4 is 14.8 Å². The van der Waals surface area contributed by atoms with Gasteiger partial charge >= 0.3 is 0 Å². The van der Waals surface area contributed by atoms with Crippen LogP contribution in [0.4, 0.5) is 0 Å². The number of hydrogen-bond acceptors (Lipinski definition) is 5. The van der Waals surface area contributed by atoms with Crippen LogP contribution in [0, 0.1) is 11.3 Å². The molecule has 2 atom stereocenters. The van der Waals surface area contributed by atoms with Crippen LogP contribution in [0.2, 0.25) is 5.02 Å². The second kappa shape index (κ2) is 7.74. The minimum absolute atomic E-state index is 0.0449. The number of fused-ring (bicyclic) bond motifs is 1. The first-order chi connectivity index (χ1) is 15.0. The van der Waals surface area contributed by atoms with E-state index in [-0.39, 0.29) is 18.5 Å². The van der Waals surface area contributed by atoms with Gasteiger partial charge in [-0.3, -0.25) is 4.79 Å². The van der Waals surface area contributed by atoms with Gasteiger partial charge in [0.1, 0.15) is 0 Å². The highest BCUT2D eigenvalue weighted by molar-refractivity contribution is 9.10. The van der Waals surface area contributed by atoms with Crippen molar-refractivity contribution >= 4 is 33.3 Å². The predicted molar refractivity (Wildman–Crippen MR) is 120 cm³/mol. The molecule has 5 nitrogen and oxygen atoms in total. The molecule has 0 bridgehead atoms. The third-order valence-electron chi connectivity index (χ3n) is 6.09. The third kappa shape index (κ3) is 3.42. The number of benzene rings is 2. The second-order valence-electron chi connectivity index (χ2n) is 7.91. The Kier molecular flexibility index (Phi) is 5.04. The Morgan fingerprint density at radius 1 is 1.16 bits per heavy atom. The molecule has 5 rings (SSSR count). The molecule has 31 heavy (non-hydrogen) atoms. The first-order valence-corrected chi connectivity index (χ1v) is 11.1. The lowest BCUT2D eigenvalue weighted by Gasteiger charge is -2.36. The van der Waals surface area contributed by atoms with E-state index in [9.17, 15) is 10.1 Å². The molecule has 3 aliphatic rings. The minimum atomic E-state index is -0.455. The summed E-state index contributed by atoms with van der Waals surface area (Å²) in [6, 6.07) is 13.7. The highest BCUT2D eigenvalue weighted by Crippen LogP contribution is 2.49. The van der Waals surface area contributed by atoms with E-state index in [4.69, 9.17) is 21.1 Å². The van der Waals surface area contributed by atoms with Gasteiger partial charge in [-0.2, -0.15) is 5.26 Å². The van der Waals surface area contributed by atoms with E-state index in [1.807, 2.05) is 43.3 Å². The number of nitrogens with zero attached hydrogens (tertiary/aromatic N) is 1. The van der Waals surface area contributed by atoms with Crippen molar-refractivity contribution in [1.29, 1.82) is 5.26 Å². The summed E-state index contributed by atoms with van der Waals surface area (Å²) in [6.07, 6.45) is 1.08. The van der Waals surface area contributed by atoms with Gasteiger partial charge in [-0.25, -0.2) is 0 Å². The molecule has 2 heterocycles. The van der Waals surface area contributed by atoms with E-state index >= 15 is 0 Å². The number of Topliss-reactive ketones (excluding diaryl/α,β-unsaturated/α-hetero) is 1. The monoisotopic (exact) mass is 496 g/mol. The van der Waals surface area contributed by atoms with E-state index in [1.165, 1.54) is 0 Å². The summed E-state index contributed by atoms with van der Waals surface area (Å²) in [5, 5.41) is 14.0. The Bertz CT molecular complexity index is 1210. The standard InChI is InChI=1S/C24H18BrClN2O3/c1-12-17(10-27)23(16-8-21-22(9-18(16)25)31-11-30-21)24-19(28-12)6-14(7-20(24)29)13-2-4-15(26)5-3-13/h2-5,8-9,14,23,28H,6-7,11H2,1H3/t14-,23-/m0/s1. The van der Waals surface area contributed by atoms with Crippen LogP contribution in [0.1, 0.15) is 42.7 Å². The van der Waals surface area contributed by atoms with E-state index in [0.717, 1.165) is 27.0 Å². The van der Waals surface area contributed by atoms with Gasteiger partial charge in [0.05, 0.1) is 17.6 Å². The first kappa shape index (κ1) is 20.2. The molecule has 0 saturated heterocycles. The zero-order chi connectivity index (χ0) is 21.7. The van der Waals surface area contributed by atoms with Crippen LogP contribution in [-0.2, 0) is 4.79 Å². The fourth-order valence-electron chi connectivity index (χ4n) is 4.62. The van der Waals surface area contributed by atoms with Gasteiger partial charge in [-0.1, -0.05) is 39.7 Å². The van der Waals surface area contributed by atoms with Crippen LogP contribution >= 0.6 is 27.5 Å². The Balaban J connectivity index is 1.60. The van der Waals surface area contributed by atoms with Gasteiger partial charge in [-0.15, -0.1) is 0 Å². The molecule has 0 amide bonds. The van der Waals surface area contributed by atoms with Crippen molar-refractivity contribution in [1.82, 2.24) is 5.32 Å². The lowest BCUT2D eigenvalue weighted by Crippen LogP contribution is -2.33. The van der Waals surface area contributed by atoms with Crippen molar-refractivity contribution < 1.29 is 14.3 Å². The summed E-state index contributed by atoms with van der Waals surface area (Å²) in [6.45, 7) is 2.04. The van der Waals surface area contributed by atoms with Gasteiger partial charge in [-0.05, 0) is 54.7 Å². The number of nitriles is 1. The Hall–Kier alpha value is -2.75. The largest absolute Gasteiger partial charge is 0.454 e. The Labute approximate surface area is 193 Å². The number of rotatable bonds is 2. The molecule has 0 aromatic heterocycles. The molecule has 156 valence electrons. The van der Waals surface area contributed by atoms with Crippen LogP contribution in [0.5, 0.6) is 11.5 Å². The molecular formula is C24H18BrClN2O3. The van der Waals surface area contributed by atoms with Crippen molar-refractivity contribution in [3.8, 4) is 17.6 Å². The fourth-order valence-corrected chi connectivity index (χ4v) is 5.30. The van der Waals surface area contributed by atoms with E-state index in [1.54, 1.807) is 0 Å². The SMILES string of the molecule is CC1=C(C#N)[C@H](c2cc3c(cc2Br)OCO3)C2=C(C[C@H](c3ccc(Cl)cc3)CC2=O)N1. The topological polar surface area (TPSA) is 71.3 Å². The van der Waals surface area contributed by atoms with E-state index in [0.29, 0.717) is 40.5 Å². The normalized spacial score (nSPS) is 22.2. The summed E-state index contributed by atoms with van der Waals surface area (Å²) in [5.41, 5.74) is 4.75. The van der Waals surface area contributed by atoms with E-state index in [2.05, 4.69) is 27.3 Å². The fraction of sp³-hybridized carbons (Fsp3) is 0.250. The molecule has 0 unspecified atom stereocenters. The number of ether oxygens (including phenoxy) is 2. The molecule has 0 spiro atoms. The van der Waals surface area contributed by atoms with Crippen LogP contribution in [0.15, 0.2) is 63.4 Å². The van der Waals surface area contributed by atoms with Gasteiger partial charge in [0, 0.05) is 32.9 Å². The number of halogens is 2. The highest BCUT2D eigenvalue weighted by atomic mass is 79.9. The van der Waals surface area contributed by atoms with Crippen LogP contribution in [0.3, 0.4) is 0 Å². The second-order valence-corrected chi connectivity index (χ2v) is 9.20. The van der Waals surface area contributed by atoms with Crippen LogP contribution in [0.25, 0.3) is 0 Å². The predicted octanol–water partition coefficient (Wildman–Crippen LogP) is 5.72. The third-order valence-corrected chi connectivity index (χ3v) is 7.03. The number of dihydropyridines is 1. The van der Waals surface area contributed by atoms with Crippen molar-refractivity contribution in [3.05, 3.63) is 79.6 Å². The summed E-state index contributed by atoms with van der Waals surface area (Å²) in [7, 11) is 0. The molecule has 7 heteroatoms. The quantitative estimate of drug-likeness (QED) is 0.575. The van der Waals surface area contributed by atoms with Crippen molar-refractivity contribution in [2.45, 2.75) is 31.6 Å². The molecule has 0 fully saturated rings. The molecule has 1 aliphatic carbocycles. The summed E-state index contributed by atoms with van der Waals surface area (Å²) in [5.74, 6) is 0.924. The van der Waals surface area contributed by atoms with Crippen LogP contribution in [-0.4, -0.2) is 12.6 Å². The summed E-state index contributed by atoms with van der Waals surface area (Å²) in [4.78, 5) is 13.4.